The number of nitrogens with one attached hydrogen (secondary N) is 1. The van der Waals surface area contributed by atoms with Crippen LogP contribution in [0.5, 0.6) is 0 Å². The van der Waals surface area contributed by atoms with Crippen molar-refractivity contribution in [2.45, 2.75) is 59.5 Å². The summed E-state index contributed by atoms with van der Waals surface area (Å²) in [5, 5.41) is 8.00. The molecular weight excluding hydrogens is 280 g/mol. The fraction of sp³-hybridized carbons (Fsp3) is 0.625. The molecule has 0 fully saturated rings. The average Bonchev–Trinajstić information content (AvgIpc) is 3.03. The highest BCUT2D eigenvalue weighted by Crippen LogP contribution is 2.28. The van der Waals surface area contributed by atoms with Gasteiger partial charge < -0.3 is 5.32 Å². The van der Waals surface area contributed by atoms with Crippen molar-refractivity contribution >= 4 is 11.3 Å². The molecule has 1 N–H and O–H groups in total. The molecule has 4 nitrogen and oxygen atoms in total. The van der Waals surface area contributed by atoms with Gasteiger partial charge in [-0.25, -0.2) is 4.98 Å². The van der Waals surface area contributed by atoms with Gasteiger partial charge in [0.25, 0.3) is 0 Å². The first-order chi connectivity index (χ1) is 10.2. The molecule has 21 heavy (non-hydrogen) atoms. The standard InChI is InChI=1S/C16H26N4S/c1-5-7-17-14(15-9-12(3)13(4)21-15)10-16-18-11-19-20(16)8-6-2/h9,11,14,17H,5-8,10H2,1-4H3. The van der Waals surface area contributed by atoms with Crippen molar-refractivity contribution in [2.75, 3.05) is 6.54 Å². The smallest absolute Gasteiger partial charge is 0.138 e. The third-order valence-electron chi connectivity index (χ3n) is 3.69. The number of hydrogen-bond donors (Lipinski definition) is 1. The van der Waals surface area contributed by atoms with Crippen molar-refractivity contribution in [3.05, 3.63) is 33.5 Å². The molecule has 0 saturated heterocycles. The van der Waals surface area contributed by atoms with Crippen LogP contribution in [0.4, 0.5) is 0 Å². The summed E-state index contributed by atoms with van der Waals surface area (Å²) >= 11 is 1.89. The molecule has 0 aliphatic carbocycles. The summed E-state index contributed by atoms with van der Waals surface area (Å²) in [7, 11) is 0. The maximum Gasteiger partial charge on any atom is 0.138 e. The Morgan fingerprint density at radius 3 is 2.71 bits per heavy atom. The lowest BCUT2D eigenvalue weighted by Crippen LogP contribution is -2.25. The van der Waals surface area contributed by atoms with Crippen LogP contribution in [0.15, 0.2) is 12.4 Å². The Kier molecular flexibility index (Phi) is 5.94. The van der Waals surface area contributed by atoms with E-state index in [4.69, 9.17) is 0 Å². The number of thiophene rings is 1. The second kappa shape index (κ2) is 7.71. The summed E-state index contributed by atoms with van der Waals surface area (Å²) in [6, 6.07) is 2.65. The van der Waals surface area contributed by atoms with Crippen LogP contribution in [-0.4, -0.2) is 21.3 Å². The van der Waals surface area contributed by atoms with Crippen molar-refractivity contribution in [3.8, 4) is 0 Å². The maximum atomic E-state index is 4.45. The summed E-state index contributed by atoms with van der Waals surface area (Å²) < 4.78 is 2.04. The van der Waals surface area contributed by atoms with Crippen LogP contribution in [0.25, 0.3) is 0 Å². The van der Waals surface area contributed by atoms with Gasteiger partial charge in [0.05, 0.1) is 0 Å². The van der Waals surface area contributed by atoms with E-state index in [2.05, 4.69) is 49.2 Å². The van der Waals surface area contributed by atoms with Crippen molar-refractivity contribution in [3.63, 3.8) is 0 Å². The Morgan fingerprint density at radius 1 is 1.29 bits per heavy atom. The first kappa shape index (κ1) is 16.2. The number of rotatable bonds is 8. The van der Waals surface area contributed by atoms with E-state index in [1.54, 1.807) is 6.33 Å². The predicted octanol–water partition coefficient (Wildman–Crippen LogP) is 3.65. The molecule has 2 heterocycles. The van der Waals surface area contributed by atoms with Crippen LogP contribution < -0.4 is 5.32 Å². The average molecular weight is 306 g/mol. The van der Waals surface area contributed by atoms with Gasteiger partial charge in [-0.2, -0.15) is 5.10 Å². The number of aryl methyl sites for hydroxylation is 3. The van der Waals surface area contributed by atoms with Crippen molar-refractivity contribution in [2.24, 2.45) is 0 Å². The zero-order valence-electron chi connectivity index (χ0n) is 13.5. The fourth-order valence-electron chi connectivity index (χ4n) is 2.39. The molecule has 0 aliphatic heterocycles. The first-order valence-electron chi connectivity index (χ1n) is 7.82. The SMILES string of the molecule is CCCNC(Cc1ncnn1CCC)c1cc(C)c(C)s1. The zero-order chi connectivity index (χ0) is 15.2. The zero-order valence-corrected chi connectivity index (χ0v) is 14.3. The molecule has 2 aromatic rings. The van der Waals surface area contributed by atoms with Gasteiger partial charge in [0.15, 0.2) is 0 Å². The largest absolute Gasteiger partial charge is 0.309 e. The lowest BCUT2D eigenvalue weighted by atomic mass is 10.1. The van der Waals surface area contributed by atoms with Crippen LogP contribution in [0, 0.1) is 13.8 Å². The van der Waals surface area contributed by atoms with E-state index in [-0.39, 0.29) is 0 Å². The molecule has 2 rings (SSSR count). The van der Waals surface area contributed by atoms with Crippen LogP contribution in [-0.2, 0) is 13.0 Å². The third-order valence-corrected chi connectivity index (χ3v) is 4.95. The Labute approximate surface area is 131 Å². The predicted molar refractivity (Wildman–Crippen MR) is 88.8 cm³/mol. The summed E-state index contributed by atoms with van der Waals surface area (Å²) in [6.45, 7) is 10.7. The van der Waals surface area contributed by atoms with E-state index in [0.29, 0.717) is 6.04 Å². The molecule has 0 aliphatic rings. The van der Waals surface area contributed by atoms with Crippen LogP contribution in [0.1, 0.15) is 53.9 Å². The molecule has 0 amide bonds. The molecule has 1 atom stereocenters. The normalized spacial score (nSPS) is 12.8. The Balaban J connectivity index is 2.17. The second-order valence-electron chi connectivity index (χ2n) is 5.50. The molecule has 0 aromatic carbocycles. The first-order valence-corrected chi connectivity index (χ1v) is 8.64. The second-order valence-corrected chi connectivity index (χ2v) is 6.79. The summed E-state index contributed by atoms with van der Waals surface area (Å²) in [6.07, 6.45) is 4.80. The minimum atomic E-state index is 0.335. The summed E-state index contributed by atoms with van der Waals surface area (Å²) in [5.74, 6) is 1.08. The number of nitrogens with zero attached hydrogens (tertiary/aromatic N) is 3. The highest BCUT2D eigenvalue weighted by atomic mass is 32.1. The van der Waals surface area contributed by atoms with E-state index in [1.807, 2.05) is 16.0 Å². The molecule has 0 saturated carbocycles. The molecular formula is C16H26N4S. The molecule has 2 aromatic heterocycles. The molecule has 0 spiro atoms. The minimum absolute atomic E-state index is 0.335. The minimum Gasteiger partial charge on any atom is -0.309 e. The molecule has 116 valence electrons. The Bertz CT molecular complexity index is 539. The molecule has 0 bridgehead atoms. The van der Waals surface area contributed by atoms with E-state index in [9.17, 15) is 0 Å². The highest BCUT2D eigenvalue weighted by molar-refractivity contribution is 7.12. The van der Waals surface area contributed by atoms with Gasteiger partial charge in [-0.05, 0) is 44.9 Å². The molecule has 0 radical (unpaired) electrons. The van der Waals surface area contributed by atoms with Gasteiger partial charge in [-0.15, -0.1) is 11.3 Å². The molecule has 5 heteroatoms. The Morgan fingerprint density at radius 2 is 2.10 bits per heavy atom. The third kappa shape index (κ3) is 4.14. The van der Waals surface area contributed by atoms with Gasteiger partial charge in [0, 0.05) is 28.8 Å². The van der Waals surface area contributed by atoms with Crippen LogP contribution in [0.3, 0.4) is 0 Å². The van der Waals surface area contributed by atoms with Crippen LogP contribution in [0.2, 0.25) is 0 Å². The lowest BCUT2D eigenvalue weighted by Gasteiger charge is -2.17. The number of hydrogen-bond acceptors (Lipinski definition) is 4. The van der Waals surface area contributed by atoms with E-state index >= 15 is 0 Å². The summed E-state index contributed by atoms with van der Waals surface area (Å²) in [4.78, 5) is 7.27. The molecule has 1 unspecified atom stereocenters. The lowest BCUT2D eigenvalue weighted by molar-refractivity contribution is 0.493. The number of aromatic nitrogens is 3. The summed E-state index contributed by atoms with van der Waals surface area (Å²) in [5.41, 5.74) is 1.38. The van der Waals surface area contributed by atoms with Gasteiger partial charge >= 0.3 is 0 Å². The van der Waals surface area contributed by atoms with Gasteiger partial charge in [0.2, 0.25) is 0 Å². The van der Waals surface area contributed by atoms with Gasteiger partial charge in [-0.1, -0.05) is 13.8 Å². The van der Waals surface area contributed by atoms with Crippen molar-refractivity contribution in [1.82, 2.24) is 20.1 Å². The van der Waals surface area contributed by atoms with E-state index in [0.717, 1.165) is 38.2 Å². The monoisotopic (exact) mass is 306 g/mol. The topological polar surface area (TPSA) is 42.7 Å². The van der Waals surface area contributed by atoms with Crippen LogP contribution >= 0.6 is 11.3 Å². The van der Waals surface area contributed by atoms with E-state index < -0.39 is 0 Å². The Hall–Kier alpha value is -1.20. The maximum absolute atomic E-state index is 4.45. The van der Waals surface area contributed by atoms with Crippen molar-refractivity contribution < 1.29 is 0 Å². The van der Waals surface area contributed by atoms with Gasteiger partial charge in [0.1, 0.15) is 12.2 Å². The van der Waals surface area contributed by atoms with E-state index in [1.165, 1.54) is 15.3 Å². The fourth-order valence-corrected chi connectivity index (χ4v) is 3.51. The van der Waals surface area contributed by atoms with Gasteiger partial charge in [-0.3, -0.25) is 4.68 Å². The highest BCUT2D eigenvalue weighted by Gasteiger charge is 2.17. The van der Waals surface area contributed by atoms with Crippen molar-refractivity contribution in [1.29, 1.82) is 0 Å². The quantitative estimate of drug-likeness (QED) is 0.809.